The molecule has 0 heterocycles. The molecule has 26 heavy (non-hydrogen) atoms. The quantitative estimate of drug-likeness (QED) is 0.482. The van der Waals surface area contributed by atoms with E-state index in [2.05, 4.69) is 10.6 Å². The fourth-order valence-electron chi connectivity index (χ4n) is 3.45. The van der Waals surface area contributed by atoms with Crippen LogP contribution in [0.25, 0.3) is 0 Å². The van der Waals surface area contributed by atoms with Crippen LogP contribution in [0.5, 0.6) is 0 Å². The van der Waals surface area contributed by atoms with E-state index in [9.17, 15) is 19.5 Å². The Morgan fingerprint density at radius 1 is 1.12 bits per heavy atom. The van der Waals surface area contributed by atoms with Gasteiger partial charge in [-0.15, -0.1) is 0 Å². The molecule has 1 saturated carbocycles. The van der Waals surface area contributed by atoms with Crippen LogP contribution < -0.4 is 10.6 Å². The van der Waals surface area contributed by atoms with E-state index in [0.717, 1.165) is 32.1 Å². The fraction of sp³-hybridized carbons (Fsp3) is 0.842. The first kappa shape index (κ1) is 22.4. The molecule has 0 radical (unpaired) electrons. The normalized spacial score (nSPS) is 18.6. The molecule has 150 valence electrons. The summed E-state index contributed by atoms with van der Waals surface area (Å²) in [7, 11) is 0. The molecule has 0 saturated heterocycles. The SMILES string of the molecule is CCCC(N[C@@H](C)C(=O)NC(CC1CCCCC1)C(=O)O)C(=O)OCC. The number of carbonyl (C=O) groups is 3. The van der Waals surface area contributed by atoms with E-state index in [0.29, 0.717) is 18.8 Å². The smallest absolute Gasteiger partial charge is 0.326 e. The number of ether oxygens (including phenoxy) is 1. The van der Waals surface area contributed by atoms with E-state index in [1.54, 1.807) is 13.8 Å². The molecule has 0 aromatic carbocycles. The zero-order valence-corrected chi connectivity index (χ0v) is 16.3. The molecule has 1 amide bonds. The molecule has 1 rings (SSSR count). The highest BCUT2D eigenvalue weighted by atomic mass is 16.5. The monoisotopic (exact) mass is 370 g/mol. The second kappa shape index (κ2) is 11.9. The van der Waals surface area contributed by atoms with Crippen molar-refractivity contribution in [3.05, 3.63) is 0 Å². The zero-order chi connectivity index (χ0) is 19.5. The Hall–Kier alpha value is -1.63. The molecule has 1 fully saturated rings. The second-order valence-corrected chi connectivity index (χ2v) is 7.12. The molecule has 0 bridgehead atoms. The maximum atomic E-state index is 12.4. The highest BCUT2D eigenvalue weighted by Crippen LogP contribution is 2.27. The maximum absolute atomic E-state index is 12.4. The summed E-state index contributed by atoms with van der Waals surface area (Å²) in [5, 5.41) is 15.0. The minimum Gasteiger partial charge on any atom is -0.480 e. The van der Waals surface area contributed by atoms with Crippen molar-refractivity contribution in [3.63, 3.8) is 0 Å². The Morgan fingerprint density at radius 2 is 1.77 bits per heavy atom. The molecule has 0 aromatic heterocycles. The maximum Gasteiger partial charge on any atom is 0.326 e. The van der Waals surface area contributed by atoms with E-state index in [1.165, 1.54) is 6.42 Å². The van der Waals surface area contributed by atoms with Gasteiger partial charge < -0.3 is 15.2 Å². The Bertz CT molecular complexity index is 463. The van der Waals surface area contributed by atoms with Crippen LogP contribution in [0.4, 0.5) is 0 Å². The number of hydrogen-bond acceptors (Lipinski definition) is 5. The topological polar surface area (TPSA) is 105 Å². The number of carboxylic acids is 1. The molecule has 3 N–H and O–H groups in total. The molecular formula is C19H34N2O5. The van der Waals surface area contributed by atoms with Crippen LogP contribution in [0.1, 0.15) is 72.1 Å². The van der Waals surface area contributed by atoms with Gasteiger partial charge in [-0.3, -0.25) is 14.9 Å². The van der Waals surface area contributed by atoms with Crippen molar-refractivity contribution in [1.82, 2.24) is 10.6 Å². The van der Waals surface area contributed by atoms with Crippen molar-refractivity contribution in [2.75, 3.05) is 6.61 Å². The number of hydrogen-bond donors (Lipinski definition) is 3. The summed E-state index contributed by atoms with van der Waals surface area (Å²) in [6.07, 6.45) is 7.29. The predicted molar refractivity (Wildman–Crippen MR) is 98.7 cm³/mol. The lowest BCUT2D eigenvalue weighted by molar-refractivity contribution is -0.147. The Kier molecular flexibility index (Phi) is 10.2. The third-order valence-electron chi connectivity index (χ3n) is 4.90. The van der Waals surface area contributed by atoms with Crippen LogP contribution in [-0.4, -0.2) is 47.7 Å². The summed E-state index contributed by atoms with van der Waals surface area (Å²) in [5.41, 5.74) is 0. The van der Waals surface area contributed by atoms with Gasteiger partial charge in [-0.1, -0.05) is 45.4 Å². The highest BCUT2D eigenvalue weighted by molar-refractivity contribution is 5.87. The minimum absolute atomic E-state index is 0.282. The van der Waals surface area contributed by atoms with Gasteiger partial charge in [0.05, 0.1) is 12.6 Å². The minimum atomic E-state index is -1.01. The largest absolute Gasteiger partial charge is 0.480 e. The number of nitrogens with one attached hydrogen (secondary N) is 2. The molecule has 3 atom stereocenters. The van der Waals surface area contributed by atoms with Gasteiger partial charge >= 0.3 is 11.9 Å². The summed E-state index contributed by atoms with van der Waals surface area (Å²) in [5.74, 6) is -1.45. The van der Waals surface area contributed by atoms with E-state index in [4.69, 9.17) is 4.74 Å². The first-order valence-electron chi connectivity index (χ1n) is 9.84. The van der Waals surface area contributed by atoms with E-state index in [-0.39, 0.29) is 12.6 Å². The Morgan fingerprint density at radius 3 is 2.31 bits per heavy atom. The van der Waals surface area contributed by atoms with Gasteiger partial charge in [-0.2, -0.15) is 0 Å². The average Bonchev–Trinajstić information content (AvgIpc) is 2.61. The first-order chi connectivity index (χ1) is 12.4. The highest BCUT2D eigenvalue weighted by Gasteiger charge is 2.29. The third kappa shape index (κ3) is 7.72. The fourth-order valence-corrected chi connectivity index (χ4v) is 3.45. The Balaban J connectivity index is 2.59. The van der Waals surface area contributed by atoms with Crippen molar-refractivity contribution in [3.8, 4) is 0 Å². The zero-order valence-electron chi connectivity index (χ0n) is 16.3. The van der Waals surface area contributed by atoms with Crippen molar-refractivity contribution in [2.45, 2.75) is 90.3 Å². The van der Waals surface area contributed by atoms with Crippen molar-refractivity contribution in [1.29, 1.82) is 0 Å². The molecule has 1 aliphatic rings. The summed E-state index contributed by atoms with van der Waals surface area (Å²) in [6, 6.07) is -2.13. The van der Waals surface area contributed by atoms with Crippen LogP contribution in [0.15, 0.2) is 0 Å². The lowest BCUT2D eigenvalue weighted by Gasteiger charge is -2.26. The van der Waals surface area contributed by atoms with Crippen LogP contribution in [0, 0.1) is 5.92 Å². The standard InChI is InChI=1S/C19H34N2O5/c1-4-9-15(19(25)26-5-2)20-13(3)17(22)21-16(18(23)24)12-14-10-7-6-8-11-14/h13-16,20H,4-12H2,1-3H3,(H,21,22)(H,23,24)/t13-,15?,16?/m0/s1. The van der Waals surface area contributed by atoms with Crippen molar-refractivity contribution >= 4 is 17.8 Å². The van der Waals surface area contributed by atoms with Gasteiger partial charge in [0, 0.05) is 0 Å². The van der Waals surface area contributed by atoms with Gasteiger partial charge in [0.2, 0.25) is 5.91 Å². The van der Waals surface area contributed by atoms with Gasteiger partial charge in [-0.25, -0.2) is 4.79 Å². The number of aliphatic carboxylic acids is 1. The van der Waals surface area contributed by atoms with E-state index >= 15 is 0 Å². The van der Waals surface area contributed by atoms with Gasteiger partial charge in [0.15, 0.2) is 0 Å². The van der Waals surface area contributed by atoms with Crippen LogP contribution in [-0.2, 0) is 19.1 Å². The van der Waals surface area contributed by atoms with Crippen LogP contribution in [0.3, 0.4) is 0 Å². The number of carbonyl (C=O) groups excluding carboxylic acids is 2. The number of carboxylic acid groups (broad SMARTS) is 1. The number of esters is 1. The molecular weight excluding hydrogens is 336 g/mol. The lowest BCUT2D eigenvalue weighted by atomic mass is 9.85. The van der Waals surface area contributed by atoms with Crippen molar-refractivity contribution in [2.24, 2.45) is 5.92 Å². The summed E-state index contributed by atoms with van der Waals surface area (Å²) < 4.78 is 5.03. The predicted octanol–water partition coefficient (Wildman–Crippen LogP) is 2.24. The molecule has 0 aliphatic heterocycles. The summed E-state index contributed by atoms with van der Waals surface area (Å²) in [4.78, 5) is 35.9. The summed E-state index contributed by atoms with van der Waals surface area (Å²) >= 11 is 0. The van der Waals surface area contributed by atoms with Gasteiger partial charge in [0.25, 0.3) is 0 Å². The third-order valence-corrected chi connectivity index (χ3v) is 4.90. The van der Waals surface area contributed by atoms with Gasteiger partial charge in [-0.05, 0) is 32.6 Å². The lowest BCUT2D eigenvalue weighted by Crippen LogP contribution is -2.53. The number of rotatable bonds is 11. The molecule has 1 aliphatic carbocycles. The Labute approximate surface area is 156 Å². The number of amides is 1. The molecule has 2 unspecified atom stereocenters. The second-order valence-electron chi connectivity index (χ2n) is 7.12. The molecule has 0 spiro atoms. The van der Waals surface area contributed by atoms with E-state index < -0.39 is 30.0 Å². The molecule has 0 aromatic rings. The first-order valence-corrected chi connectivity index (χ1v) is 9.84. The van der Waals surface area contributed by atoms with Crippen LogP contribution >= 0.6 is 0 Å². The average molecular weight is 370 g/mol. The van der Waals surface area contributed by atoms with E-state index in [1.807, 2.05) is 6.92 Å². The molecule has 7 heteroatoms. The molecule has 7 nitrogen and oxygen atoms in total. The van der Waals surface area contributed by atoms with Crippen molar-refractivity contribution < 1.29 is 24.2 Å². The summed E-state index contributed by atoms with van der Waals surface area (Å²) in [6.45, 7) is 5.60. The van der Waals surface area contributed by atoms with Gasteiger partial charge in [0.1, 0.15) is 12.1 Å². The van der Waals surface area contributed by atoms with Crippen LogP contribution in [0.2, 0.25) is 0 Å².